The van der Waals surface area contributed by atoms with Crippen LogP contribution in [-0.4, -0.2) is 29.1 Å². The van der Waals surface area contributed by atoms with Crippen molar-refractivity contribution in [1.29, 1.82) is 0 Å². The van der Waals surface area contributed by atoms with Crippen LogP contribution in [0.1, 0.15) is 42.6 Å². The zero-order valence-electron chi connectivity index (χ0n) is 15.7. The van der Waals surface area contributed by atoms with Gasteiger partial charge < -0.3 is 10.4 Å². The molecule has 6 heteroatoms. The van der Waals surface area contributed by atoms with Crippen LogP contribution in [0.2, 0.25) is 0 Å². The second kappa shape index (κ2) is 7.72. The third kappa shape index (κ3) is 3.52. The fourth-order valence-corrected chi connectivity index (χ4v) is 4.13. The molecule has 0 radical (unpaired) electrons. The van der Waals surface area contributed by atoms with E-state index in [0.29, 0.717) is 12.2 Å². The lowest BCUT2D eigenvalue weighted by Crippen LogP contribution is -2.41. The van der Waals surface area contributed by atoms with E-state index < -0.39 is 0 Å². The first-order chi connectivity index (χ1) is 13.6. The number of hydrogen-bond acceptors (Lipinski definition) is 2. The number of nitrogens with zero attached hydrogens (tertiary/aromatic N) is 1. The van der Waals surface area contributed by atoms with Crippen molar-refractivity contribution in [3.05, 3.63) is 60.2 Å². The molecule has 1 amide bonds. The number of carbonyl (C=O) groups excluding carboxylic acids is 1. The second-order valence-corrected chi connectivity index (χ2v) is 7.71. The van der Waals surface area contributed by atoms with Crippen LogP contribution in [0.25, 0.3) is 16.9 Å². The summed E-state index contributed by atoms with van der Waals surface area (Å²) in [6, 6.07) is 11.8. The van der Waals surface area contributed by atoms with Gasteiger partial charge in [0.1, 0.15) is 5.82 Å². The van der Waals surface area contributed by atoms with Gasteiger partial charge in [0.15, 0.2) is 5.52 Å². The summed E-state index contributed by atoms with van der Waals surface area (Å²) in [5.74, 6) is 0.218. The Balaban J connectivity index is 1.63. The van der Waals surface area contributed by atoms with Gasteiger partial charge >= 0.3 is 0 Å². The molecule has 0 saturated heterocycles. The summed E-state index contributed by atoms with van der Waals surface area (Å²) in [5, 5.41) is 12.9. The number of aliphatic hydroxyl groups excluding tert-OH is 1. The van der Waals surface area contributed by atoms with Crippen molar-refractivity contribution in [2.24, 2.45) is 5.41 Å². The summed E-state index contributed by atoms with van der Waals surface area (Å²) < 4.78 is 15.2. The van der Waals surface area contributed by atoms with Crippen LogP contribution in [-0.2, 0) is 0 Å². The highest BCUT2D eigenvalue weighted by atomic mass is 19.1. The van der Waals surface area contributed by atoms with Crippen molar-refractivity contribution < 1.29 is 18.7 Å². The summed E-state index contributed by atoms with van der Waals surface area (Å²) in [6.45, 7) is 0.556. The van der Waals surface area contributed by atoms with E-state index in [4.69, 9.17) is 0 Å². The average Bonchev–Trinajstić information content (AvgIpc) is 3.13. The van der Waals surface area contributed by atoms with E-state index in [-0.39, 0.29) is 23.7 Å². The minimum absolute atomic E-state index is 0.0916. The molecule has 0 aliphatic heterocycles. The Kier molecular flexibility index (Phi) is 5.13. The molecule has 2 aromatic heterocycles. The van der Waals surface area contributed by atoms with Crippen molar-refractivity contribution in [2.45, 2.75) is 32.1 Å². The summed E-state index contributed by atoms with van der Waals surface area (Å²) >= 11 is 0. The molecule has 1 saturated carbocycles. The average molecular weight is 382 g/mol. The maximum Gasteiger partial charge on any atom is 0.295 e. The van der Waals surface area contributed by atoms with Crippen LogP contribution < -0.4 is 9.72 Å². The molecule has 0 unspecified atom stereocenters. The highest BCUT2D eigenvalue weighted by molar-refractivity contribution is 5.98. The number of amides is 1. The van der Waals surface area contributed by atoms with Crippen LogP contribution >= 0.6 is 0 Å². The third-order valence-corrected chi connectivity index (χ3v) is 5.82. The summed E-state index contributed by atoms with van der Waals surface area (Å²) in [4.78, 5) is 16.2. The quantitative estimate of drug-likeness (QED) is 0.593. The minimum Gasteiger partial charge on any atom is -0.396 e. The van der Waals surface area contributed by atoms with E-state index in [1.807, 2.05) is 28.8 Å². The van der Waals surface area contributed by atoms with Crippen molar-refractivity contribution in [3.63, 3.8) is 0 Å². The Bertz CT molecular complexity index is 975. The van der Waals surface area contributed by atoms with Gasteiger partial charge in [0.2, 0.25) is 5.69 Å². The molecule has 1 aromatic carbocycles. The lowest BCUT2D eigenvalue weighted by Gasteiger charge is -2.35. The van der Waals surface area contributed by atoms with Crippen LogP contribution in [0.3, 0.4) is 0 Å². The number of carbonyl (C=O) groups is 1. The Morgan fingerprint density at radius 2 is 1.89 bits per heavy atom. The van der Waals surface area contributed by atoms with Crippen molar-refractivity contribution in [3.8, 4) is 11.4 Å². The number of fused-ring (bicyclic) bond motifs is 1. The Morgan fingerprint density at radius 1 is 1.14 bits per heavy atom. The fourth-order valence-electron chi connectivity index (χ4n) is 4.13. The number of imidazole rings is 1. The number of aromatic amines is 1. The number of nitrogens with one attached hydrogen (secondary N) is 2. The monoisotopic (exact) mass is 382 g/mol. The van der Waals surface area contributed by atoms with Crippen LogP contribution in [0.5, 0.6) is 0 Å². The first-order valence-electron chi connectivity index (χ1n) is 9.79. The third-order valence-electron chi connectivity index (χ3n) is 5.82. The fraction of sp³-hybridized carbons (Fsp3) is 0.364. The normalized spacial score (nSPS) is 16.2. The number of benzene rings is 1. The van der Waals surface area contributed by atoms with Crippen LogP contribution in [0.4, 0.5) is 4.39 Å². The van der Waals surface area contributed by atoms with Gasteiger partial charge in [0.25, 0.3) is 11.7 Å². The molecule has 3 N–H and O–H groups in total. The van der Waals surface area contributed by atoms with E-state index in [2.05, 4.69) is 10.3 Å². The summed E-state index contributed by atoms with van der Waals surface area (Å²) in [5.41, 5.74) is 1.79. The summed E-state index contributed by atoms with van der Waals surface area (Å²) in [7, 11) is 0. The smallest absolute Gasteiger partial charge is 0.295 e. The molecule has 3 aromatic rings. The molecular weight excluding hydrogens is 357 g/mol. The van der Waals surface area contributed by atoms with Crippen LogP contribution in [0, 0.1) is 11.2 Å². The molecule has 2 heterocycles. The molecule has 1 aliphatic carbocycles. The maximum absolute atomic E-state index is 13.3. The van der Waals surface area contributed by atoms with E-state index >= 15 is 0 Å². The first-order valence-corrected chi connectivity index (χ1v) is 9.79. The molecule has 0 atom stereocenters. The Labute approximate surface area is 163 Å². The predicted molar refractivity (Wildman–Crippen MR) is 104 cm³/mol. The van der Waals surface area contributed by atoms with E-state index in [9.17, 15) is 14.3 Å². The van der Waals surface area contributed by atoms with Gasteiger partial charge in [-0.15, -0.1) is 0 Å². The number of hydrogen-bond donors (Lipinski definition) is 3. The molecule has 1 aliphatic rings. The van der Waals surface area contributed by atoms with E-state index in [1.54, 1.807) is 12.1 Å². The van der Waals surface area contributed by atoms with Crippen LogP contribution in [0.15, 0.2) is 48.7 Å². The number of halogens is 1. The zero-order chi connectivity index (χ0) is 19.6. The minimum atomic E-state index is -0.302. The van der Waals surface area contributed by atoms with Gasteiger partial charge in [-0.1, -0.05) is 25.3 Å². The van der Waals surface area contributed by atoms with Crippen molar-refractivity contribution in [2.75, 3.05) is 13.2 Å². The lowest BCUT2D eigenvalue weighted by molar-refractivity contribution is -0.498. The van der Waals surface area contributed by atoms with E-state index in [0.717, 1.165) is 42.6 Å². The van der Waals surface area contributed by atoms with Gasteiger partial charge in [-0.2, -0.15) is 4.40 Å². The SMILES string of the molecule is O=C(NCC1(CO)CCCCC1)c1[nH]c(-c2ccc(F)cc2)[n+]2ccccc12. The Morgan fingerprint density at radius 3 is 2.61 bits per heavy atom. The molecule has 5 nitrogen and oxygen atoms in total. The number of rotatable bonds is 5. The first kappa shape index (κ1) is 18.6. The number of aromatic nitrogens is 2. The van der Waals surface area contributed by atoms with Gasteiger partial charge in [0, 0.05) is 12.0 Å². The molecule has 0 bridgehead atoms. The molecule has 146 valence electrons. The van der Waals surface area contributed by atoms with Gasteiger partial charge in [-0.25, -0.2) is 9.37 Å². The molecule has 28 heavy (non-hydrogen) atoms. The predicted octanol–water partition coefficient (Wildman–Crippen LogP) is 3.23. The topological polar surface area (TPSA) is 69.2 Å². The molecule has 1 fully saturated rings. The highest BCUT2D eigenvalue weighted by Crippen LogP contribution is 2.35. The molecular formula is C22H25FN3O2+. The highest BCUT2D eigenvalue weighted by Gasteiger charge is 2.33. The van der Waals surface area contributed by atoms with Gasteiger partial charge in [-0.3, -0.25) is 4.79 Å². The van der Waals surface area contributed by atoms with E-state index in [1.165, 1.54) is 18.6 Å². The van der Waals surface area contributed by atoms with Gasteiger partial charge in [-0.05, 0) is 49.2 Å². The van der Waals surface area contributed by atoms with Crippen molar-refractivity contribution in [1.82, 2.24) is 10.3 Å². The number of aliphatic hydroxyl groups is 1. The zero-order valence-corrected chi connectivity index (χ0v) is 15.7. The second-order valence-electron chi connectivity index (χ2n) is 7.71. The molecule has 4 rings (SSSR count). The largest absolute Gasteiger partial charge is 0.396 e. The van der Waals surface area contributed by atoms with Gasteiger partial charge in [0.05, 0.1) is 18.4 Å². The standard InChI is InChI=1S/C22H24FN3O2/c23-17-9-7-16(8-10-17)20-25-19(18-6-2-5-13-26(18)20)21(28)24-14-22(15-27)11-3-1-4-12-22/h2,5-10,13,27H,1,3-4,11-12,14-15H2,(H,24,28)/p+1. The number of pyridine rings is 1. The lowest BCUT2D eigenvalue weighted by atomic mass is 9.74. The summed E-state index contributed by atoms with van der Waals surface area (Å²) in [6.07, 6.45) is 7.11. The number of H-pyrrole nitrogens is 1. The van der Waals surface area contributed by atoms with Crippen molar-refractivity contribution >= 4 is 11.4 Å². The molecule has 0 spiro atoms. The Hall–Kier alpha value is -2.73. The maximum atomic E-state index is 13.3.